The second-order valence-corrected chi connectivity index (χ2v) is 5.37. The van der Waals surface area contributed by atoms with E-state index in [2.05, 4.69) is 40.8 Å². The molecular weight excluding hydrogens is 226 g/mol. The van der Waals surface area contributed by atoms with Gasteiger partial charge in [0.1, 0.15) is 12.7 Å². The highest BCUT2D eigenvalue weighted by molar-refractivity contribution is 4.83. The van der Waals surface area contributed by atoms with Gasteiger partial charge < -0.3 is 9.80 Å². The number of nitrogens with zero attached hydrogens (tertiary/aromatic N) is 5. The largest absolute Gasteiger partial charge is 0.303 e. The minimum Gasteiger partial charge on any atom is -0.303 e. The van der Waals surface area contributed by atoms with Crippen LogP contribution in [0.3, 0.4) is 0 Å². The average molecular weight is 251 g/mol. The van der Waals surface area contributed by atoms with Crippen molar-refractivity contribution in [3.63, 3.8) is 0 Å². The van der Waals surface area contributed by atoms with E-state index >= 15 is 0 Å². The molecule has 5 heteroatoms. The fraction of sp³-hybridized carbons (Fsp3) is 0.846. The molecule has 0 amide bonds. The Balaban J connectivity index is 1.80. The number of hydrogen-bond donors (Lipinski definition) is 0. The summed E-state index contributed by atoms with van der Waals surface area (Å²) >= 11 is 0. The van der Waals surface area contributed by atoms with E-state index in [0.717, 1.165) is 19.0 Å². The number of rotatable bonds is 5. The summed E-state index contributed by atoms with van der Waals surface area (Å²) in [5.41, 5.74) is 0. The van der Waals surface area contributed by atoms with Gasteiger partial charge in [-0.05, 0) is 32.5 Å². The van der Waals surface area contributed by atoms with E-state index in [1.165, 1.54) is 26.1 Å². The summed E-state index contributed by atoms with van der Waals surface area (Å²) in [5.74, 6) is 0.749. The number of likely N-dealkylation sites (N-methyl/N-ethyl adjacent to an activating group) is 1. The quantitative estimate of drug-likeness (QED) is 0.780. The molecule has 2 atom stereocenters. The van der Waals surface area contributed by atoms with E-state index in [1.54, 1.807) is 12.7 Å². The van der Waals surface area contributed by atoms with Crippen LogP contribution in [0.5, 0.6) is 0 Å². The smallest absolute Gasteiger partial charge is 0.137 e. The number of hydrogen-bond acceptors (Lipinski definition) is 4. The topological polar surface area (TPSA) is 37.2 Å². The van der Waals surface area contributed by atoms with Crippen molar-refractivity contribution in [2.24, 2.45) is 5.92 Å². The third-order valence-corrected chi connectivity index (χ3v) is 4.11. The van der Waals surface area contributed by atoms with Gasteiger partial charge in [0.25, 0.3) is 0 Å². The van der Waals surface area contributed by atoms with Crippen molar-refractivity contribution in [3.8, 4) is 0 Å². The number of piperidine rings is 1. The zero-order chi connectivity index (χ0) is 13.0. The van der Waals surface area contributed by atoms with Gasteiger partial charge in [-0.1, -0.05) is 13.8 Å². The lowest BCUT2D eigenvalue weighted by Gasteiger charge is -2.41. The van der Waals surface area contributed by atoms with Crippen LogP contribution in [0.15, 0.2) is 12.7 Å². The molecule has 0 spiro atoms. The molecule has 18 heavy (non-hydrogen) atoms. The monoisotopic (exact) mass is 251 g/mol. The highest BCUT2D eigenvalue weighted by Crippen LogP contribution is 2.20. The number of aromatic nitrogens is 3. The maximum Gasteiger partial charge on any atom is 0.137 e. The maximum absolute atomic E-state index is 4.15. The van der Waals surface area contributed by atoms with Crippen LogP contribution < -0.4 is 0 Å². The molecule has 0 saturated carbocycles. The molecule has 0 unspecified atom stereocenters. The van der Waals surface area contributed by atoms with Crippen molar-refractivity contribution in [2.75, 3.05) is 33.2 Å². The summed E-state index contributed by atoms with van der Waals surface area (Å²) in [6.07, 6.45) is 4.67. The first kappa shape index (κ1) is 13.5. The first-order valence-corrected chi connectivity index (χ1v) is 6.95. The van der Waals surface area contributed by atoms with Gasteiger partial charge >= 0.3 is 0 Å². The van der Waals surface area contributed by atoms with Crippen molar-refractivity contribution in [1.29, 1.82) is 0 Å². The summed E-state index contributed by atoms with van der Waals surface area (Å²) in [7, 11) is 2.24. The Morgan fingerprint density at radius 2 is 2.28 bits per heavy atom. The van der Waals surface area contributed by atoms with Crippen LogP contribution in [-0.4, -0.2) is 63.8 Å². The molecule has 0 radical (unpaired) electrons. The minimum absolute atomic E-state index is 0.705. The van der Waals surface area contributed by atoms with Gasteiger partial charge in [0.05, 0.1) is 6.54 Å². The molecule has 1 fully saturated rings. The van der Waals surface area contributed by atoms with E-state index in [0.29, 0.717) is 6.04 Å². The molecule has 2 heterocycles. The second kappa shape index (κ2) is 6.29. The van der Waals surface area contributed by atoms with Crippen LogP contribution in [-0.2, 0) is 6.54 Å². The molecule has 0 aromatic carbocycles. The van der Waals surface area contributed by atoms with Crippen molar-refractivity contribution < 1.29 is 0 Å². The summed E-state index contributed by atoms with van der Waals surface area (Å²) in [6, 6.07) is 0.705. The molecule has 1 aromatic rings. The molecule has 1 saturated heterocycles. The van der Waals surface area contributed by atoms with Crippen molar-refractivity contribution in [1.82, 2.24) is 24.6 Å². The Bertz CT molecular complexity index is 337. The number of likely N-dealkylation sites (tertiary alicyclic amines) is 1. The zero-order valence-electron chi connectivity index (χ0n) is 11.8. The maximum atomic E-state index is 4.15. The van der Waals surface area contributed by atoms with Gasteiger partial charge in [-0.2, -0.15) is 5.10 Å². The second-order valence-electron chi connectivity index (χ2n) is 5.37. The summed E-state index contributed by atoms with van der Waals surface area (Å²) < 4.78 is 1.91. The molecule has 1 aliphatic rings. The van der Waals surface area contributed by atoms with E-state index in [-0.39, 0.29) is 0 Å². The fourth-order valence-corrected chi connectivity index (χ4v) is 2.94. The molecule has 2 rings (SSSR count). The minimum atomic E-state index is 0.705. The van der Waals surface area contributed by atoms with Crippen molar-refractivity contribution in [2.45, 2.75) is 32.9 Å². The predicted molar refractivity (Wildman–Crippen MR) is 72.3 cm³/mol. The highest BCUT2D eigenvalue weighted by atomic mass is 15.3. The fourth-order valence-electron chi connectivity index (χ4n) is 2.94. The summed E-state index contributed by atoms with van der Waals surface area (Å²) in [6.45, 7) is 10.2. The molecule has 0 aliphatic carbocycles. The normalized spacial score (nSPS) is 25.8. The van der Waals surface area contributed by atoms with Gasteiger partial charge in [-0.25, -0.2) is 4.98 Å². The van der Waals surface area contributed by atoms with E-state index in [1.807, 2.05) is 4.68 Å². The van der Waals surface area contributed by atoms with E-state index in [9.17, 15) is 0 Å². The molecule has 1 aliphatic heterocycles. The van der Waals surface area contributed by atoms with Crippen LogP contribution in [0.4, 0.5) is 0 Å². The zero-order valence-corrected chi connectivity index (χ0v) is 11.8. The summed E-state index contributed by atoms with van der Waals surface area (Å²) in [4.78, 5) is 9.01. The first-order valence-electron chi connectivity index (χ1n) is 6.95. The van der Waals surface area contributed by atoms with Gasteiger partial charge in [0.2, 0.25) is 0 Å². The Kier molecular flexibility index (Phi) is 4.72. The van der Waals surface area contributed by atoms with Gasteiger partial charge in [0.15, 0.2) is 0 Å². The van der Waals surface area contributed by atoms with E-state index in [4.69, 9.17) is 0 Å². The molecule has 5 nitrogen and oxygen atoms in total. The molecule has 0 bridgehead atoms. The lowest BCUT2D eigenvalue weighted by atomic mass is 9.92. The van der Waals surface area contributed by atoms with Crippen LogP contribution in [0.2, 0.25) is 0 Å². The Labute approximate surface area is 110 Å². The first-order chi connectivity index (χ1) is 8.70. The third-order valence-electron chi connectivity index (χ3n) is 4.11. The van der Waals surface area contributed by atoms with Crippen LogP contribution >= 0.6 is 0 Å². The molecular formula is C13H25N5. The molecule has 102 valence electrons. The predicted octanol–water partition coefficient (Wildman–Crippen LogP) is 0.940. The lowest BCUT2D eigenvalue weighted by molar-refractivity contribution is 0.0802. The van der Waals surface area contributed by atoms with Gasteiger partial charge in [0, 0.05) is 19.1 Å². The summed E-state index contributed by atoms with van der Waals surface area (Å²) in [5, 5.41) is 4.15. The van der Waals surface area contributed by atoms with E-state index < -0.39 is 0 Å². The lowest BCUT2D eigenvalue weighted by Crippen LogP contribution is -2.49. The van der Waals surface area contributed by atoms with Crippen molar-refractivity contribution >= 4 is 0 Å². The van der Waals surface area contributed by atoms with Crippen molar-refractivity contribution in [3.05, 3.63) is 12.7 Å². The molecule has 1 aromatic heterocycles. The SMILES string of the molecule is CCN1CC[C@H](N(C)CCn2cncn2)[C@H](C)C1. The van der Waals surface area contributed by atoms with Gasteiger partial charge in [-0.15, -0.1) is 0 Å². The average Bonchev–Trinajstić information content (AvgIpc) is 2.88. The highest BCUT2D eigenvalue weighted by Gasteiger charge is 2.27. The van der Waals surface area contributed by atoms with Crippen LogP contribution in [0.1, 0.15) is 20.3 Å². The standard InChI is InChI=1S/C13H25N5/c1-4-17-6-5-13(12(2)9-17)16(3)7-8-18-11-14-10-15-18/h10-13H,4-9H2,1-3H3/t12-,13+/m1/s1. The van der Waals surface area contributed by atoms with Gasteiger partial charge in [-0.3, -0.25) is 4.68 Å². The Morgan fingerprint density at radius 3 is 2.89 bits per heavy atom. The van der Waals surface area contributed by atoms with Crippen LogP contribution in [0.25, 0.3) is 0 Å². The van der Waals surface area contributed by atoms with Crippen LogP contribution in [0, 0.1) is 5.92 Å². The molecule has 0 N–H and O–H groups in total. The third kappa shape index (κ3) is 3.29. The Morgan fingerprint density at radius 1 is 1.44 bits per heavy atom. The Hall–Kier alpha value is -0.940.